The summed E-state index contributed by atoms with van der Waals surface area (Å²) in [5.41, 5.74) is -0.208. The summed E-state index contributed by atoms with van der Waals surface area (Å²) in [5.74, 6) is -3.80. The van der Waals surface area contributed by atoms with E-state index in [1.165, 1.54) is 30.3 Å². The van der Waals surface area contributed by atoms with Gasteiger partial charge in [-0.1, -0.05) is 23.7 Å². The molecule has 0 atom stereocenters. The third kappa shape index (κ3) is 3.24. The zero-order valence-corrected chi connectivity index (χ0v) is 13.9. The Morgan fingerprint density at radius 3 is 2.64 bits per heavy atom. The highest BCUT2D eigenvalue weighted by Gasteiger charge is 2.30. The van der Waals surface area contributed by atoms with E-state index in [2.05, 4.69) is 5.32 Å². The fraction of sp³-hybridized carbons (Fsp3) is 0.133. The number of carbonyl (C=O) groups excluding carboxylic acids is 1. The molecular weight excluding hydrogens is 380 g/mol. The first-order valence-electron chi connectivity index (χ1n) is 6.82. The van der Waals surface area contributed by atoms with E-state index in [9.17, 15) is 22.0 Å². The first-order valence-corrected chi connectivity index (χ1v) is 8.74. The Morgan fingerprint density at radius 1 is 1.20 bits per heavy atom. The van der Waals surface area contributed by atoms with Crippen molar-refractivity contribution in [3.63, 3.8) is 0 Å². The fourth-order valence-electron chi connectivity index (χ4n) is 2.21. The molecule has 1 amide bonds. The molecule has 0 spiro atoms. The summed E-state index contributed by atoms with van der Waals surface area (Å²) in [7, 11) is -4.87. The number of halogens is 3. The SMILES string of the molecule is O=C(Nc1ccccc1S(=O)(=O)C(F)F)c1cc(Cl)c2c(c1)OCO2. The van der Waals surface area contributed by atoms with Crippen LogP contribution in [-0.4, -0.2) is 26.9 Å². The second-order valence-corrected chi connectivity index (χ2v) is 7.24. The normalized spacial score (nSPS) is 13.1. The molecule has 3 rings (SSSR count). The van der Waals surface area contributed by atoms with Crippen LogP contribution in [-0.2, 0) is 9.84 Å². The van der Waals surface area contributed by atoms with Crippen molar-refractivity contribution in [2.24, 2.45) is 0 Å². The minimum Gasteiger partial charge on any atom is -0.454 e. The van der Waals surface area contributed by atoms with Gasteiger partial charge in [0.2, 0.25) is 16.6 Å². The molecule has 0 unspecified atom stereocenters. The van der Waals surface area contributed by atoms with Gasteiger partial charge in [-0.2, -0.15) is 8.78 Å². The Balaban J connectivity index is 1.94. The molecule has 1 N–H and O–H groups in total. The van der Waals surface area contributed by atoms with E-state index in [1.807, 2.05) is 0 Å². The Kier molecular flexibility index (Phi) is 4.53. The number of hydrogen-bond acceptors (Lipinski definition) is 5. The molecule has 0 aromatic heterocycles. The van der Waals surface area contributed by atoms with Crippen LogP contribution in [0.25, 0.3) is 0 Å². The Bertz CT molecular complexity index is 949. The summed E-state index contributed by atoms with van der Waals surface area (Å²) >= 11 is 5.99. The molecule has 2 aromatic carbocycles. The van der Waals surface area contributed by atoms with E-state index in [-0.39, 0.29) is 28.8 Å². The number of alkyl halides is 2. The van der Waals surface area contributed by atoms with Gasteiger partial charge < -0.3 is 14.8 Å². The van der Waals surface area contributed by atoms with Crippen molar-refractivity contribution in [2.75, 3.05) is 12.1 Å². The lowest BCUT2D eigenvalue weighted by Gasteiger charge is -2.12. The van der Waals surface area contributed by atoms with E-state index in [0.717, 1.165) is 6.07 Å². The quantitative estimate of drug-likeness (QED) is 0.867. The van der Waals surface area contributed by atoms with Crippen molar-refractivity contribution in [1.82, 2.24) is 0 Å². The van der Waals surface area contributed by atoms with Crippen molar-refractivity contribution in [2.45, 2.75) is 10.7 Å². The van der Waals surface area contributed by atoms with Crippen LogP contribution in [0.15, 0.2) is 41.3 Å². The van der Waals surface area contributed by atoms with Crippen LogP contribution in [0.2, 0.25) is 5.02 Å². The van der Waals surface area contributed by atoms with Crippen LogP contribution >= 0.6 is 11.6 Å². The summed E-state index contributed by atoms with van der Waals surface area (Å²) in [4.78, 5) is 11.7. The van der Waals surface area contributed by atoms with Gasteiger partial charge in [-0.3, -0.25) is 4.79 Å². The number of ether oxygens (including phenoxy) is 2. The van der Waals surface area contributed by atoms with Crippen molar-refractivity contribution < 1.29 is 31.5 Å². The van der Waals surface area contributed by atoms with E-state index in [0.29, 0.717) is 5.75 Å². The minimum absolute atomic E-state index is 0.0460. The minimum atomic E-state index is -4.87. The van der Waals surface area contributed by atoms with Gasteiger partial charge in [-0.25, -0.2) is 8.42 Å². The van der Waals surface area contributed by atoms with Crippen molar-refractivity contribution in [3.05, 3.63) is 47.0 Å². The molecule has 0 aliphatic carbocycles. The number of anilines is 1. The lowest BCUT2D eigenvalue weighted by Crippen LogP contribution is -2.17. The van der Waals surface area contributed by atoms with E-state index >= 15 is 0 Å². The maximum absolute atomic E-state index is 12.8. The third-order valence-corrected chi connectivity index (χ3v) is 5.08. The number of amides is 1. The highest BCUT2D eigenvalue weighted by molar-refractivity contribution is 7.91. The van der Waals surface area contributed by atoms with E-state index in [1.54, 1.807) is 0 Å². The zero-order valence-electron chi connectivity index (χ0n) is 12.3. The lowest BCUT2D eigenvalue weighted by molar-refractivity contribution is 0.102. The van der Waals surface area contributed by atoms with Gasteiger partial charge in [0.15, 0.2) is 11.5 Å². The monoisotopic (exact) mass is 389 g/mol. The summed E-state index contributed by atoms with van der Waals surface area (Å²) < 4.78 is 59.3. The molecule has 10 heteroatoms. The maximum Gasteiger partial charge on any atom is 0.341 e. The van der Waals surface area contributed by atoms with Gasteiger partial charge >= 0.3 is 5.76 Å². The molecule has 0 fully saturated rings. The molecule has 25 heavy (non-hydrogen) atoms. The average molecular weight is 390 g/mol. The summed E-state index contributed by atoms with van der Waals surface area (Å²) in [6.07, 6.45) is 0. The van der Waals surface area contributed by atoms with Crippen molar-refractivity contribution in [3.8, 4) is 11.5 Å². The summed E-state index contributed by atoms with van der Waals surface area (Å²) in [6.45, 7) is -0.0460. The van der Waals surface area contributed by atoms with Gasteiger partial charge in [0.05, 0.1) is 15.6 Å². The highest BCUT2D eigenvalue weighted by atomic mass is 35.5. The van der Waals surface area contributed by atoms with Crippen LogP contribution in [0, 0.1) is 0 Å². The molecule has 2 aromatic rings. The topological polar surface area (TPSA) is 81.7 Å². The predicted octanol–water partition coefficient (Wildman–Crippen LogP) is 3.32. The number of fused-ring (bicyclic) bond motifs is 1. The molecule has 1 heterocycles. The number of benzene rings is 2. The smallest absolute Gasteiger partial charge is 0.341 e. The van der Waals surface area contributed by atoms with Gasteiger partial charge in [-0.05, 0) is 24.3 Å². The van der Waals surface area contributed by atoms with E-state index in [4.69, 9.17) is 21.1 Å². The molecule has 1 aliphatic rings. The lowest BCUT2D eigenvalue weighted by atomic mass is 10.2. The number of hydrogen-bond donors (Lipinski definition) is 1. The Hall–Kier alpha value is -2.39. The summed E-state index contributed by atoms with van der Waals surface area (Å²) in [5, 5.41) is 2.43. The molecule has 0 radical (unpaired) electrons. The van der Waals surface area contributed by atoms with Gasteiger partial charge in [-0.15, -0.1) is 0 Å². The Labute approximate surface area is 146 Å². The van der Waals surface area contributed by atoms with Gasteiger partial charge in [0, 0.05) is 5.56 Å². The maximum atomic E-state index is 12.8. The largest absolute Gasteiger partial charge is 0.454 e. The van der Waals surface area contributed by atoms with Crippen molar-refractivity contribution in [1.29, 1.82) is 0 Å². The van der Waals surface area contributed by atoms with Crippen LogP contribution < -0.4 is 14.8 Å². The summed E-state index contributed by atoms with van der Waals surface area (Å²) in [6, 6.07) is 7.54. The zero-order chi connectivity index (χ0) is 18.2. The molecule has 1 aliphatic heterocycles. The molecule has 6 nitrogen and oxygen atoms in total. The number of rotatable bonds is 4. The molecule has 0 bridgehead atoms. The molecule has 132 valence electrons. The number of carbonyl (C=O) groups is 1. The first kappa shape index (κ1) is 17.4. The van der Waals surface area contributed by atoms with Gasteiger partial charge in [0.25, 0.3) is 5.91 Å². The molecule has 0 saturated carbocycles. The van der Waals surface area contributed by atoms with Gasteiger partial charge in [0.1, 0.15) is 0 Å². The van der Waals surface area contributed by atoms with Crippen LogP contribution in [0.5, 0.6) is 11.5 Å². The number of sulfone groups is 1. The third-order valence-electron chi connectivity index (χ3n) is 3.37. The second kappa shape index (κ2) is 6.49. The molecule has 0 saturated heterocycles. The average Bonchev–Trinajstić information content (AvgIpc) is 3.04. The standard InChI is InChI=1S/C15H10ClF2NO5S/c16-9-5-8(6-11-13(9)24-7-23-11)14(20)19-10-3-1-2-4-12(10)25(21,22)15(17)18/h1-6,15H,7H2,(H,19,20). The number of para-hydroxylation sites is 1. The first-order chi connectivity index (χ1) is 11.8. The second-order valence-electron chi connectivity index (χ2n) is 4.95. The predicted molar refractivity (Wildman–Crippen MR) is 85.2 cm³/mol. The van der Waals surface area contributed by atoms with Crippen LogP contribution in [0.3, 0.4) is 0 Å². The molecular formula is C15H10ClF2NO5S. The Morgan fingerprint density at radius 2 is 1.92 bits per heavy atom. The van der Waals surface area contributed by atoms with E-state index < -0.39 is 26.4 Å². The van der Waals surface area contributed by atoms with Crippen molar-refractivity contribution >= 4 is 33.0 Å². The van der Waals surface area contributed by atoms with Crippen LogP contribution in [0.4, 0.5) is 14.5 Å². The fourth-order valence-corrected chi connectivity index (χ4v) is 3.36. The van der Waals surface area contributed by atoms with Crippen LogP contribution in [0.1, 0.15) is 10.4 Å². The number of nitrogens with one attached hydrogen (secondary N) is 1. The highest BCUT2D eigenvalue weighted by Crippen LogP contribution is 2.40.